The Labute approximate surface area is 114 Å². The van der Waals surface area contributed by atoms with Crippen molar-refractivity contribution in [1.82, 2.24) is 14.8 Å². The van der Waals surface area contributed by atoms with E-state index in [1.54, 1.807) is 11.1 Å². The molecule has 0 aromatic carbocycles. The van der Waals surface area contributed by atoms with Crippen LogP contribution in [0.1, 0.15) is 25.1 Å². The molecule has 2 N–H and O–H groups in total. The van der Waals surface area contributed by atoms with Crippen LogP contribution in [0.15, 0.2) is 18.3 Å². The lowest BCUT2D eigenvalue weighted by atomic mass is 9.96. The van der Waals surface area contributed by atoms with E-state index >= 15 is 0 Å². The standard InChI is InChI=1S/C14H22N4O/c1-14(2)13(19)17(3)7-8-18(14)10-11-5-4-6-16-12(11)9-15/h4-6H,7-10,15H2,1-3H3. The molecule has 2 heterocycles. The Balaban J connectivity index is 2.21. The van der Waals surface area contributed by atoms with Gasteiger partial charge in [0.2, 0.25) is 5.91 Å². The number of carbonyl (C=O) groups excluding carboxylic acids is 1. The summed E-state index contributed by atoms with van der Waals surface area (Å²) in [6, 6.07) is 3.95. The van der Waals surface area contributed by atoms with E-state index in [1.165, 1.54) is 0 Å². The predicted octanol–water partition coefficient (Wildman–Crippen LogP) is 0.593. The number of piperazine rings is 1. The van der Waals surface area contributed by atoms with Crippen molar-refractivity contribution in [3.63, 3.8) is 0 Å². The predicted molar refractivity (Wildman–Crippen MR) is 74.3 cm³/mol. The quantitative estimate of drug-likeness (QED) is 0.866. The van der Waals surface area contributed by atoms with Crippen molar-refractivity contribution >= 4 is 5.91 Å². The van der Waals surface area contributed by atoms with Crippen molar-refractivity contribution in [3.8, 4) is 0 Å². The molecule has 0 radical (unpaired) electrons. The number of rotatable bonds is 3. The van der Waals surface area contributed by atoms with Gasteiger partial charge in [-0.05, 0) is 25.5 Å². The molecule has 1 fully saturated rings. The fourth-order valence-corrected chi connectivity index (χ4v) is 2.54. The monoisotopic (exact) mass is 262 g/mol. The number of hydrogen-bond donors (Lipinski definition) is 1. The SMILES string of the molecule is CN1CCN(Cc2cccnc2CN)C(C)(C)C1=O. The van der Waals surface area contributed by atoms with E-state index in [9.17, 15) is 4.79 Å². The largest absolute Gasteiger partial charge is 0.343 e. The van der Waals surface area contributed by atoms with Gasteiger partial charge >= 0.3 is 0 Å². The second kappa shape index (κ2) is 5.27. The molecule has 0 atom stereocenters. The molecular formula is C14H22N4O. The molecule has 19 heavy (non-hydrogen) atoms. The molecule has 1 amide bonds. The number of aromatic nitrogens is 1. The molecule has 1 aliphatic heterocycles. The summed E-state index contributed by atoms with van der Waals surface area (Å²) in [5.41, 5.74) is 7.25. The lowest BCUT2D eigenvalue weighted by molar-refractivity contribution is -0.147. The van der Waals surface area contributed by atoms with E-state index in [4.69, 9.17) is 5.73 Å². The van der Waals surface area contributed by atoms with E-state index in [2.05, 4.69) is 9.88 Å². The summed E-state index contributed by atoms with van der Waals surface area (Å²) >= 11 is 0. The molecule has 2 rings (SSSR count). The van der Waals surface area contributed by atoms with Crippen molar-refractivity contribution in [2.45, 2.75) is 32.5 Å². The highest BCUT2D eigenvalue weighted by Crippen LogP contribution is 2.24. The molecule has 104 valence electrons. The summed E-state index contributed by atoms with van der Waals surface area (Å²) in [4.78, 5) is 20.5. The van der Waals surface area contributed by atoms with Gasteiger partial charge in [0, 0.05) is 39.4 Å². The van der Waals surface area contributed by atoms with Gasteiger partial charge in [-0.1, -0.05) is 6.07 Å². The molecular weight excluding hydrogens is 240 g/mol. The van der Waals surface area contributed by atoms with Crippen molar-refractivity contribution in [2.75, 3.05) is 20.1 Å². The number of pyridine rings is 1. The number of amides is 1. The van der Waals surface area contributed by atoms with Gasteiger partial charge in [-0.2, -0.15) is 0 Å². The molecule has 0 bridgehead atoms. The van der Waals surface area contributed by atoms with E-state index in [0.717, 1.165) is 24.3 Å². The average Bonchev–Trinajstić information content (AvgIpc) is 2.40. The molecule has 5 heteroatoms. The highest BCUT2D eigenvalue weighted by molar-refractivity contribution is 5.86. The number of nitrogens with two attached hydrogens (primary N) is 1. The lowest BCUT2D eigenvalue weighted by Gasteiger charge is -2.44. The zero-order valence-corrected chi connectivity index (χ0v) is 11.9. The van der Waals surface area contributed by atoms with Crippen molar-refractivity contribution < 1.29 is 4.79 Å². The third-order valence-electron chi connectivity index (χ3n) is 3.91. The minimum Gasteiger partial charge on any atom is -0.343 e. The first kappa shape index (κ1) is 14.0. The molecule has 0 saturated carbocycles. The van der Waals surface area contributed by atoms with Crippen LogP contribution in [0.2, 0.25) is 0 Å². The summed E-state index contributed by atoms with van der Waals surface area (Å²) in [5, 5.41) is 0. The van der Waals surface area contributed by atoms with Crippen molar-refractivity contribution in [2.24, 2.45) is 5.73 Å². The van der Waals surface area contributed by atoms with Crippen LogP contribution in [0.5, 0.6) is 0 Å². The Hall–Kier alpha value is -1.46. The summed E-state index contributed by atoms with van der Waals surface area (Å²) in [5.74, 6) is 0.164. The Morgan fingerprint density at radius 3 is 2.84 bits per heavy atom. The first-order valence-corrected chi connectivity index (χ1v) is 6.60. The maximum absolute atomic E-state index is 12.2. The third-order valence-corrected chi connectivity index (χ3v) is 3.91. The number of hydrogen-bond acceptors (Lipinski definition) is 4. The second-order valence-corrected chi connectivity index (χ2v) is 5.52. The van der Waals surface area contributed by atoms with E-state index in [-0.39, 0.29) is 5.91 Å². The van der Waals surface area contributed by atoms with E-state index in [0.29, 0.717) is 13.1 Å². The number of carbonyl (C=O) groups is 1. The summed E-state index contributed by atoms with van der Waals surface area (Å²) < 4.78 is 0. The molecule has 0 spiro atoms. The molecule has 1 aliphatic rings. The Morgan fingerprint density at radius 1 is 1.42 bits per heavy atom. The van der Waals surface area contributed by atoms with Gasteiger partial charge in [-0.15, -0.1) is 0 Å². The third kappa shape index (κ3) is 2.62. The molecule has 0 unspecified atom stereocenters. The molecule has 1 aromatic heterocycles. The first-order valence-electron chi connectivity index (χ1n) is 6.60. The minimum atomic E-state index is -0.477. The number of likely N-dealkylation sites (N-methyl/N-ethyl adjacent to an activating group) is 1. The van der Waals surface area contributed by atoms with Crippen LogP contribution in [-0.2, 0) is 17.9 Å². The lowest BCUT2D eigenvalue weighted by Crippen LogP contribution is -2.61. The summed E-state index contributed by atoms with van der Waals surface area (Å²) in [6.45, 7) is 6.73. The smallest absolute Gasteiger partial charge is 0.242 e. The maximum atomic E-state index is 12.2. The minimum absolute atomic E-state index is 0.164. The topological polar surface area (TPSA) is 62.5 Å². The molecule has 1 aromatic rings. The van der Waals surface area contributed by atoms with Crippen molar-refractivity contribution in [1.29, 1.82) is 0 Å². The fraction of sp³-hybridized carbons (Fsp3) is 0.571. The molecule has 5 nitrogen and oxygen atoms in total. The summed E-state index contributed by atoms with van der Waals surface area (Å²) in [7, 11) is 1.86. The molecule has 1 saturated heterocycles. The van der Waals surface area contributed by atoms with Gasteiger partial charge in [0.15, 0.2) is 0 Å². The maximum Gasteiger partial charge on any atom is 0.242 e. The van der Waals surface area contributed by atoms with Crippen LogP contribution in [0.25, 0.3) is 0 Å². The Morgan fingerprint density at radius 2 is 2.16 bits per heavy atom. The second-order valence-electron chi connectivity index (χ2n) is 5.52. The normalized spacial score (nSPS) is 19.8. The van der Waals surface area contributed by atoms with Crippen molar-refractivity contribution in [3.05, 3.63) is 29.6 Å². The summed E-state index contributed by atoms with van der Waals surface area (Å²) in [6.07, 6.45) is 1.76. The van der Waals surface area contributed by atoms with E-state index < -0.39 is 5.54 Å². The van der Waals surface area contributed by atoms with Crippen LogP contribution >= 0.6 is 0 Å². The van der Waals surface area contributed by atoms with Gasteiger partial charge < -0.3 is 10.6 Å². The highest BCUT2D eigenvalue weighted by atomic mass is 16.2. The van der Waals surface area contributed by atoms with Gasteiger partial charge in [-0.3, -0.25) is 14.7 Å². The highest BCUT2D eigenvalue weighted by Gasteiger charge is 2.40. The van der Waals surface area contributed by atoms with Crippen LogP contribution in [0, 0.1) is 0 Å². The van der Waals surface area contributed by atoms with Gasteiger partial charge in [0.1, 0.15) is 0 Å². The van der Waals surface area contributed by atoms with Gasteiger partial charge in [0.25, 0.3) is 0 Å². The zero-order chi connectivity index (χ0) is 14.0. The van der Waals surface area contributed by atoms with Crippen LogP contribution in [-0.4, -0.2) is 46.4 Å². The van der Waals surface area contributed by atoms with Crippen LogP contribution in [0.3, 0.4) is 0 Å². The average molecular weight is 262 g/mol. The first-order chi connectivity index (χ1) is 8.96. The van der Waals surface area contributed by atoms with Crippen LogP contribution in [0.4, 0.5) is 0 Å². The number of nitrogens with zero attached hydrogens (tertiary/aromatic N) is 3. The zero-order valence-electron chi connectivity index (χ0n) is 11.9. The van der Waals surface area contributed by atoms with Crippen LogP contribution < -0.4 is 5.73 Å². The Kier molecular flexibility index (Phi) is 3.87. The van der Waals surface area contributed by atoms with E-state index in [1.807, 2.05) is 33.0 Å². The van der Waals surface area contributed by atoms with Gasteiger partial charge in [-0.25, -0.2) is 0 Å². The Bertz CT molecular complexity index is 472. The fourth-order valence-electron chi connectivity index (χ4n) is 2.54. The van der Waals surface area contributed by atoms with Gasteiger partial charge in [0.05, 0.1) is 11.2 Å². The molecule has 0 aliphatic carbocycles.